The summed E-state index contributed by atoms with van der Waals surface area (Å²) in [5, 5.41) is 5.22. The number of hydrogen-bond donors (Lipinski definition) is 2. The van der Waals surface area contributed by atoms with E-state index in [1.165, 1.54) is 6.33 Å². The minimum Gasteiger partial charge on any atom is -0.358 e. The van der Waals surface area contributed by atoms with Gasteiger partial charge in [-0.15, -0.1) is 0 Å². The van der Waals surface area contributed by atoms with Crippen molar-refractivity contribution in [3.8, 4) is 0 Å². The molecule has 1 saturated heterocycles. The lowest BCUT2D eigenvalue weighted by atomic mass is 10.1. The molecule has 0 radical (unpaired) electrons. The van der Waals surface area contributed by atoms with Crippen molar-refractivity contribution in [1.82, 2.24) is 15.3 Å². The van der Waals surface area contributed by atoms with Gasteiger partial charge in [0.1, 0.15) is 22.8 Å². The van der Waals surface area contributed by atoms with Crippen LogP contribution in [0, 0.1) is 0 Å². The summed E-state index contributed by atoms with van der Waals surface area (Å²) in [6.07, 6.45) is 2.21. The monoisotopic (exact) mass is 284 g/mol. The van der Waals surface area contributed by atoms with Crippen molar-refractivity contribution in [2.24, 2.45) is 0 Å². The van der Waals surface area contributed by atoms with Crippen molar-refractivity contribution in [3.05, 3.63) is 17.0 Å². The van der Waals surface area contributed by atoms with Crippen molar-refractivity contribution in [1.29, 1.82) is 0 Å². The van der Waals surface area contributed by atoms with Crippen LogP contribution in [0.15, 0.2) is 17.0 Å². The zero-order valence-corrected chi connectivity index (χ0v) is 9.82. The summed E-state index contributed by atoms with van der Waals surface area (Å²) in [6.45, 7) is 0. The molecule has 2 amide bonds. The number of imide groups is 1. The van der Waals surface area contributed by atoms with Gasteiger partial charge in [-0.25, -0.2) is 9.97 Å². The summed E-state index contributed by atoms with van der Waals surface area (Å²) in [7, 11) is 0. The van der Waals surface area contributed by atoms with E-state index in [0.717, 1.165) is 0 Å². The molecule has 0 aliphatic carbocycles. The number of aromatic nitrogens is 2. The maximum absolute atomic E-state index is 11.4. The molecule has 0 saturated carbocycles. The Balaban J connectivity index is 2.05. The Morgan fingerprint density at radius 2 is 2.25 bits per heavy atom. The number of carbonyl (C=O) groups is 2. The summed E-state index contributed by atoms with van der Waals surface area (Å²) < 4.78 is 0.636. The zero-order valence-electron chi connectivity index (χ0n) is 8.24. The standard InChI is InChI=1S/C9H9BrN4O2/c10-6-3-7(12-4-11-6)13-5-1-2-8(15)14-9(5)16/h3-5H,1-2H2,(H,11,12,13)(H,14,15,16). The lowest BCUT2D eigenvalue weighted by Crippen LogP contribution is -2.47. The highest BCUT2D eigenvalue weighted by Crippen LogP contribution is 2.14. The Hall–Kier alpha value is -1.50. The third-order valence-corrected chi connectivity index (χ3v) is 2.63. The fraction of sp³-hybridized carbons (Fsp3) is 0.333. The van der Waals surface area contributed by atoms with Crippen LogP contribution in [0.3, 0.4) is 0 Å². The fourth-order valence-electron chi connectivity index (χ4n) is 1.42. The van der Waals surface area contributed by atoms with E-state index in [1.807, 2.05) is 0 Å². The largest absolute Gasteiger partial charge is 0.358 e. The number of rotatable bonds is 2. The number of nitrogens with one attached hydrogen (secondary N) is 2. The van der Waals surface area contributed by atoms with E-state index in [1.54, 1.807) is 6.07 Å². The van der Waals surface area contributed by atoms with Gasteiger partial charge in [0.15, 0.2) is 0 Å². The van der Waals surface area contributed by atoms with Crippen molar-refractivity contribution in [2.75, 3.05) is 5.32 Å². The maximum atomic E-state index is 11.4. The summed E-state index contributed by atoms with van der Waals surface area (Å²) >= 11 is 3.21. The molecule has 0 spiro atoms. The molecule has 16 heavy (non-hydrogen) atoms. The van der Waals surface area contributed by atoms with Gasteiger partial charge in [0.25, 0.3) is 0 Å². The Morgan fingerprint density at radius 3 is 2.94 bits per heavy atom. The van der Waals surface area contributed by atoms with Crippen molar-refractivity contribution < 1.29 is 9.59 Å². The first-order chi connectivity index (χ1) is 7.65. The van der Waals surface area contributed by atoms with E-state index in [4.69, 9.17) is 0 Å². The Labute approximate surface area is 100.0 Å². The Kier molecular flexibility index (Phi) is 3.14. The lowest BCUT2D eigenvalue weighted by Gasteiger charge is -2.22. The molecule has 1 fully saturated rings. The van der Waals surface area contributed by atoms with Gasteiger partial charge in [0, 0.05) is 12.5 Å². The highest BCUT2D eigenvalue weighted by Gasteiger charge is 2.26. The predicted molar refractivity (Wildman–Crippen MR) is 59.5 cm³/mol. The topological polar surface area (TPSA) is 84.0 Å². The van der Waals surface area contributed by atoms with Crippen LogP contribution in [0.4, 0.5) is 5.82 Å². The van der Waals surface area contributed by atoms with Crippen molar-refractivity contribution in [3.63, 3.8) is 0 Å². The van der Waals surface area contributed by atoms with Crippen molar-refractivity contribution in [2.45, 2.75) is 18.9 Å². The van der Waals surface area contributed by atoms with Gasteiger partial charge < -0.3 is 5.32 Å². The smallest absolute Gasteiger partial charge is 0.249 e. The van der Waals surface area contributed by atoms with E-state index in [-0.39, 0.29) is 11.8 Å². The van der Waals surface area contributed by atoms with E-state index in [0.29, 0.717) is 23.3 Å². The molecular weight excluding hydrogens is 276 g/mol. The van der Waals surface area contributed by atoms with Crippen LogP contribution < -0.4 is 10.6 Å². The molecule has 1 aliphatic heterocycles. The number of hydrogen-bond acceptors (Lipinski definition) is 5. The number of amides is 2. The second-order valence-electron chi connectivity index (χ2n) is 3.37. The minimum atomic E-state index is -0.417. The lowest BCUT2D eigenvalue weighted by molar-refractivity contribution is -0.133. The van der Waals surface area contributed by atoms with Crippen LogP contribution in [0.2, 0.25) is 0 Å². The number of anilines is 1. The molecule has 1 aliphatic rings. The van der Waals surface area contributed by atoms with Gasteiger partial charge in [0.05, 0.1) is 0 Å². The minimum absolute atomic E-state index is 0.230. The van der Waals surface area contributed by atoms with E-state index in [2.05, 4.69) is 36.5 Å². The van der Waals surface area contributed by atoms with E-state index < -0.39 is 6.04 Å². The second kappa shape index (κ2) is 4.56. The normalized spacial score (nSPS) is 20.4. The summed E-state index contributed by atoms with van der Waals surface area (Å²) in [5.74, 6) is 0.00859. The molecule has 1 aromatic heterocycles. The SMILES string of the molecule is O=C1CCC(Nc2cc(Br)ncn2)C(=O)N1. The quantitative estimate of drug-likeness (QED) is 0.609. The first kappa shape index (κ1) is 11.0. The summed E-state index contributed by atoms with van der Waals surface area (Å²) in [4.78, 5) is 30.2. The van der Waals surface area contributed by atoms with Crippen LogP contribution in [-0.2, 0) is 9.59 Å². The molecule has 2 N–H and O–H groups in total. The first-order valence-electron chi connectivity index (χ1n) is 4.73. The van der Waals surface area contributed by atoms with Gasteiger partial charge in [-0.2, -0.15) is 0 Å². The van der Waals surface area contributed by atoms with Gasteiger partial charge >= 0.3 is 0 Å². The molecule has 2 heterocycles. The third kappa shape index (κ3) is 2.54. The second-order valence-corrected chi connectivity index (χ2v) is 4.19. The first-order valence-corrected chi connectivity index (χ1v) is 5.52. The third-order valence-electron chi connectivity index (χ3n) is 2.20. The zero-order chi connectivity index (χ0) is 11.5. The number of carbonyl (C=O) groups excluding carboxylic acids is 2. The number of nitrogens with zero attached hydrogens (tertiary/aromatic N) is 2. The van der Waals surface area contributed by atoms with Crippen LogP contribution in [0.1, 0.15) is 12.8 Å². The summed E-state index contributed by atoms with van der Waals surface area (Å²) in [5.41, 5.74) is 0. The van der Waals surface area contributed by atoms with Crippen molar-refractivity contribution >= 4 is 33.6 Å². The number of piperidine rings is 1. The average molecular weight is 285 g/mol. The highest BCUT2D eigenvalue weighted by molar-refractivity contribution is 9.10. The van der Waals surface area contributed by atoms with Gasteiger partial charge in [-0.3, -0.25) is 14.9 Å². The van der Waals surface area contributed by atoms with Crippen LogP contribution in [-0.4, -0.2) is 27.8 Å². The summed E-state index contributed by atoms with van der Waals surface area (Å²) in [6, 6.07) is 1.25. The van der Waals surface area contributed by atoms with Crippen LogP contribution in [0.25, 0.3) is 0 Å². The molecule has 7 heteroatoms. The van der Waals surface area contributed by atoms with E-state index >= 15 is 0 Å². The van der Waals surface area contributed by atoms with Crippen LogP contribution >= 0.6 is 15.9 Å². The molecule has 2 rings (SSSR count). The average Bonchev–Trinajstić information content (AvgIpc) is 2.22. The maximum Gasteiger partial charge on any atom is 0.249 e. The molecule has 84 valence electrons. The number of halogens is 1. The molecule has 6 nitrogen and oxygen atoms in total. The van der Waals surface area contributed by atoms with Gasteiger partial charge in [-0.1, -0.05) is 0 Å². The Bertz CT molecular complexity index is 437. The molecule has 0 bridgehead atoms. The van der Waals surface area contributed by atoms with Gasteiger partial charge in [0.2, 0.25) is 11.8 Å². The van der Waals surface area contributed by atoms with Gasteiger partial charge in [-0.05, 0) is 22.4 Å². The Morgan fingerprint density at radius 1 is 1.44 bits per heavy atom. The molecule has 1 atom stereocenters. The van der Waals surface area contributed by atoms with E-state index in [9.17, 15) is 9.59 Å². The van der Waals surface area contributed by atoms with Crippen LogP contribution in [0.5, 0.6) is 0 Å². The fourth-order valence-corrected chi connectivity index (χ4v) is 1.73. The molecule has 1 unspecified atom stereocenters. The predicted octanol–water partition coefficient (Wildman–Crippen LogP) is 0.456. The molecule has 0 aromatic carbocycles. The molecule has 1 aromatic rings. The highest BCUT2D eigenvalue weighted by atomic mass is 79.9. The molecular formula is C9H9BrN4O2.